The van der Waals surface area contributed by atoms with Crippen LogP contribution in [0.5, 0.6) is 0 Å². The first-order valence-corrected chi connectivity index (χ1v) is 5.17. The van der Waals surface area contributed by atoms with Gasteiger partial charge in [0.25, 0.3) is 0 Å². The molecular formula is C11H23NO. The zero-order valence-corrected chi connectivity index (χ0v) is 9.79. The molecule has 0 saturated carbocycles. The van der Waals surface area contributed by atoms with Crippen molar-refractivity contribution in [3.8, 4) is 0 Å². The highest BCUT2D eigenvalue weighted by atomic mass is 16.5. The summed E-state index contributed by atoms with van der Waals surface area (Å²) < 4.78 is 5.63. The van der Waals surface area contributed by atoms with Crippen molar-refractivity contribution in [1.29, 1.82) is 0 Å². The minimum atomic E-state index is 0.147. The van der Waals surface area contributed by atoms with Gasteiger partial charge in [-0.1, -0.05) is 6.92 Å². The number of nitrogens with zero attached hydrogens (tertiary/aromatic N) is 1. The Labute approximate surface area is 82.4 Å². The van der Waals surface area contributed by atoms with Crippen LogP contribution in [-0.4, -0.2) is 24.0 Å². The third-order valence-corrected chi connectivity index (χ3v) is 2.08. The largest absolute Gasteiger partial charge is 0.370 e. The van der Waals surface area contributed by atoms with Gasteiger partial charge in [0.05, 0.1) is 12.2 Å². The van der Waals surface area contributed by atoms with Crippen LogP contribution < -0.4 is 0 Å². The third-order valence-electron chi connectivity index (χ3n) is 2.08. The second-order valence-electron chi connectivity index (χ2n) is 3.85. The van der Waals surface area contributed by atoms with E-state index in [9.17, 15) is 0 Å². The van der Waals surface area contributed by atoms with Gasteiger partial charge in [-0.25, -0.2) is 0 Å². The molecular weight excluding hydrogens is 162 g/mol. The van der Waals surface area contributed by atoms with Crippen LogP contribution in [0.25, 0.3) is 0 Å². The molecule has 0 fully saturated rings. The van der Waals surface area contributed by atoms with Crippen LogP contribution in [-0.2, 0) is 4.74 Å². The fraction of sp³-hybridized carbons (Fsp3) is 0.909. The van der Waals surface area contributed by atoms with E-state index < -0.39 is 0 Å². The Morgan fingerprint density at radius 3 is 2.15 bits per heavy atom. The van der Waals surface area contributed by atoms with E-state index in [1.165, 1.54) is 0 Å². The van der Waals surface area contributed by atoms with Crippen LogP contribution >= 0.6 is 0 Å². The Hall–Kier alpha value is -0.370. The van der Waals surface area contributed by atoms with E-state index in [4.69, 9.17) is 4.74 Å². The highest BCUT2D eigenvalue weighted by Gasteiger charge is 2.08. The Morgan fingerprint density at radius 2 is 1.77 bits per heavy atom. The summed E-state index contributed by atoms with van der Waals surface area (Å²) in [5.41, 5.74) is 1.10. The highest BCUT2D eigenvalue weighted by molar-refractivity contribution is 5.86. The van der Waals surface area contributed by atoms with Crippen molar-refractivity contribution < 1.29 is 4.74 Å². The Bertz CT molecular complexity index is 163. The molecule has 0 heterocycles. The normalized spacial score (nSPS) is 17.6. The Kier molecular flexibility index (Phi) is 5.97. The average Bonchev–Trinajstić information content (AvgIpc) is 2.02. The molecule has 0 aromatic carbocycles. The second kappa shape index (κ2) is 6.14. The van der Waals surface area contributed by atoms with Gasteiger partial charge in [-0.15, -0.1) is 0 Å². The minimum Gasteiger partial charge on any atom is -0.370 e. The van der Waals surface area contributed by atoms with E-state index in [1.807, 2.05) is 20.8 Å². The Balaban J connectivity index is 4.07. The van der Waals surface area contributed by atoms with Gasteiger partial charge in [0, 0.05) is 11.8 Å². The van der Waals surface area contributed by atoms with Crippen molar-refractivity contribution >= 4 is 5.71 Å². The number of hydrogen-bond acceptors (Lipinski definition) is 2. The molecule has 2 unspecified atom stereocenters. The number of hydrogen-bond donors (Lipinski definition) is 0. The lowest BCUT2D eigenvalue weighted by atomic mass is 10.2. The van der Waals surface area contributed by atoms with Crippen LogP contribution in [0.4, 0.5) is 0 Å². The first-order chi connectivity index (χ1) is 5.97. The topological polar surface area (TPSA) is 21.6 Å². The van der Waals surface area contributed by atoms with Crippen LogP contribution in [0.3, 0.4) is 0 Å². The van der Waals surface area contributed by atoms with Gasteiger partial charge in [-0.3, -0.25) is 4.99 Å². The maximum Gasteiger partial charge on any atom is 0.0924 e. The molecule has 0 rings (SSSR count). The second-order valence-corrected chi connectivity index (χ2v) is 3.85. The molecule has 0 bridgehead atoms. The molecule has 0 radical (unpaired) electrons. The molecule has 0 aliphatic rings. The molecule has 2 nitrogen and oxygen atoms in total. The zero-order chi connectivity index (χ0) is 10.4. The number of aliphatic imine (C=N–C) groups is 1. The first kappa shape index (κ1) is 12.6. The van der Waals surface area contributed by atoms with Crippen molar-refractivity contribution in [1.82, 2.24) is 0 Å². The molecule has 0 aliphatic heterocycles. The van der Waals surface area contributed by atoms with Crippen LogP contribution in [0.2, 0.25) is 0 Å². The summed E-state index contributed by atoms with van der Waals surface area (Å²) in [5.74, 6) is 0. The number of ether oxygens (including phenoxy) is 1. The van der Waals surface area contributed by atoms with Crippen LogP contribution in [0.15, 0.2) is 4.99 Å². The summed E-state index contributed by atoms with van der Waals surface area (Å²) in [5, 5.41) is 0. The smallest absolute Gasteiger partial charge is 0.0924 e. The van der Waals surface area contributed by atoms with Crippen molar-refractivity contribution in [3.05, 3.63) is 0 Å². The van der Waals surface area contributed by atoms with Gasteiger partial charge in [0.15, 0.2) is 0 Å². The summed E-state index contributed by atoms with van der Waals surface area (Å²) in [4.78, 5) is 4.54. The molecule has 0 amide bonds. The lowest BCUT2D eigenvalue weighted by Gasteiger charge is -2.17. The fourth-order valence-corrected chi connectivity index (χ4v) is 1.05. The van der Waals surface area contributed by atoms with Gasteiger partial charge in [0.1, 0.15) is 0 Å². The lowest BCUT2D eigenvalue weighted by molar-refractivity contribution is 0.0561. The summed E-state index contributed by atoms with van der Waals surface area (Å²) in [7, 11) is 0. The third kappa shape index (κ3) is 5.81. The summed E-state index contributed by atoms with van der Waals surface area (Å²) in [6, 6.07) is 0.415. The van der Waals surface area contributed by atoms with E-state index in [0.29, 0.717) is 6.04 Å². The van der Waals surface area contributed by atoms with E-state index in [1.54, 1.807) is 0 Å². The maximum atomic E-state index is 5.63. The average molecular weight is 185 g/mol. The Morgan fingerprint density at radius 1 is 1.23 bits per heavy atom. The molecule has 0 saturated heterocycles. The molecule has 0 spiro atoms. The maximum absolute atomic E-state index is 5.63. The lowest BCUT2D eigenvalue weighted by Crippen LogP contribution is -2.23. The van der Waals surface area contributed by atoms with Crippen molar-refractivity contribution in [2.24, 2.45) is 4.99 Å². The molecule has 0 N–H and O–H groups in total. The van der Waals surface area contributed by atoms with Gasteiger partial charge in [0.2, 0.25) is 0 Å². The molecule has 2 heteroatoms. The fourth-order valence-electron chi connectivity index (χ4n) is 1.05. The standard InChI is InChI=1S/C11H23NO/c1-7-9(4)12-10(5)11(6)13-8(2)3/h8-9,11H,7H2,1-6H3/b12-10-. The van der Waals surface area contributed by atoms with Gasteiger partial charge in [-0.2, -0.15) is 0 Å². The van der Waals surface area contributed by atoms with Crippen LogP contribution in [0.1, 0.15) is 48.0 Å². The molecule has 0 aliphatic carbocycles. The molecule has 0 aromatic heterocycles. The minimum absolute atomic E-state index is 0.147. The molecule has 13 heavy (non-hydrogen) atoms. The molecule has 0 aromatic rings. The molecule has 78 valence electrons. The highest BCUT2D eigenvalue weighted by Crippen LogP contribution is 2.03. The zero-order valence-electron chi connectivity index (χ0n) is 9.79. The van der Waals surface area contributed by atoms with Crippen molar-refractivity contribution in [2.75, 3.05) is 0 Å². The quantitative estimate of drug-likeness (QED) is 0.603. The van der Waals surface area contributed by atoms with Crippen LogP contribution in [0, 0.1) is 0 Å². The SMILES string of the molecule is CCC(C)/N=C(/C)C(C)OC(C)C. The monoisotopic (exact) mass is 185 g/mol. The number of rotatable bonds is 5. The van der Waals surface area contributed by atoms with E-state index >= 15 is 0 Å². The first-order valence-electron chi connectivity index (χ1n) is 5.17. The summed E-state index contributed by atoms with van der Waals surface area (Å²) in [6.07, 6.45) is 1.51. The van der Waals surface area contributed by atoms with Crippen molar-refractivity contribution in [2.45, 2.75) is 66.2 Å². The van der Waals surface area contributed by atoms with E-state index in [2.05, 4.69) is 25.8 Å². The van der Waals surface area contributed by atoms with Gasteiger partial charge < -0.3 is 4.74 Å². The van der Waals surface area contributed by atoms with Gasteiger partial charge in [-0.05, 0) is 41.0 Å². The summed E-state index contributed by atoms with van der Waals surface area (Å²) in [6.45, 7) is 12.5. The van der Waals surface area contributed by atoms with Crippen molar-refractivity contribution in [3.63, 3.8) is 0 Å². The van der Waals surface area contributed by atoms with E-state index in [-0.39, 0.29) is 12.2 Å². The molecule has 2 atom stereocenters. The van der Waals surface area contributed by atoms with Gasteiger partial charge >= 0.3 is 0 Å². The predicted molar refractivity (Wildman–Crippen MR) is 58.5 cm³/mol. The predicted octanol–water partition coefficient (Wildman–Crippen LogP) is 3.06. The van der Waals surface area contributed by atoms with E-state index in [0.717, 1.165) is 12.1 Å². The summed E-state index contributed by atoms with van der Waals surface area (Å²) >= 11 is 0.